The third kappa shape index (κ3) is 0.855. The van der Waals surface area contributed by atoms with Crippen LogP contribution in [0, 0.1) is 0 Å². The van der Waals surface area contributed by atoms with Crippen molar-refractivity contribution in [2.45, 2.75) is 0 Å². The van der Waals surface area contributed by atoms with Crippen molar-refractivity contribution in [1.29, 1.82) is 0 Å². The van der Waals surface area contributed by atoms with E-state index in [4.69, 9.17) is 2.74 Å². The summed E-state index contributed by atoms with van der Waals surface area (Å²) in [4.78, 5) is 15.5. The van der Waals surface area contributed by atoms with Crippen molar-refractivity contribution in [2.75, 3.05) is 0 Å². The van der Waals surface area contributed by atoms with Crippen LogP contribution in [0.5, 0.6) is 0 Å². The number of H-pyrrole nitrogens is 1. The van der Waals surface area contributed by atoms with Crippen LogP contribution < -0.4 is 5.69 Å². The number of aromatic nitrogens is 2. The number of hydrogen-bond acceptors (Lipinski definition) is 2. The van der Waals surface area contributed by atoms with Crippen molar-refractivity contribution in [2.24, 2.45) is 0 Å². The summed E-state index contributed by atoms with van der Waals surface area (Å²) in [6, 6.07) is -0.0744. The van der Waals surface area contributed by atoms with Gasteiger partial charge in [-0.1, -0.05) is 0 Å². The molecule has 1 aromatic heterocycles. The number of rotatable bonds is 0. The van der Waals surface area contributed by atoms with Gasteiger partial charge in [0, 0.05) is 12.4 Å². The van der Waals surface area contributed by atoms with Crippen molar-refractivity contribution >= 4 is 0 Å². The number of nitrogens with one attached hydrogen (secondary N) is 1. The van der Waals surface area contributed by atoms with Crippen LogP contribution in [0.4, 0.5) is 0 Å². The molecule has 0 bridgehead atoms. The van der Waals surface area contributed by atoms with Gasteiger partial charge in [-0.05, 0) is 6.04 Å². The van der Waals surface area contributed by atoms with Gasteiger partial charge in [-0.15, -0.1) is 0 Å². The maximum absolute atomic E-state index is 10.3. The molecule has 0 aromatic carbocycles. The van der Waals surface area contributed by atoms with Gasteiger partial charge in [0.15, 0.2) is 0 Å². The van der Waals surface area contributed by atoms with Gasteiger partial charge < -0.3 is 4.98 Å². The van der Waals surface area contributed by atoms with Crippen LogP contribution >= 0.6 is 0 Å². The van der Waals surface area contributed by atoms with Crippen LogP contribution in [0.2, 0.25) is 0 Å². The predicted molar refractivity (Wildman–Crippen MR) is 24.9 cm³/mol. The molecule has 0 aliphatic rings. The molecule has 0 radical (unpaired) electrons. The van der Waals surface area contributed by atoms with E-state index < -0.39 is 5.69 Å². The molecular weight excluding hydrogens is 92.1 g/mol. The Morgan fingerprint density at radius 1 is 2.00 bits per heavy atom. The van der Waals surface area contributed by atoms with Crippen LogP contribution in [0.3, 0.4) is 0 Å². The van der Waals surface area contributed by atoms with E-state index in [-0.39, 0.29) is 12.2 Å². The summed E-state index contributed by atoms with van der Waals surface area (Å²) in [6.45, 7) is 0. The molecule has 0 fully saturated rings. The van der Waals surface area contributed by atoms with Gasteiger partial charge in [0.2, 0.25) is 0 Å². The highest BCUT2D eigenvalue weighted by molar-refractivity contribution is 4.75. The molecule has 1 rings (SSSR count). The standard InChI is InChI=1S/C4H4N2O/c7-4-5-2-1-3-6-4/h1-3H,(H,5,6,7)/i1D,2D. The monoisotopic (exact) mass is 98.0 g/mol. The van der Waals surface area contributed by atoms with E-state index in [0.717, 1.165) is 6.20 Å². The van der Waals surface area contributed by atoms with Crippen LogP contribution in [0.1, 0.15) is 2.74 Å². The lowest BCUT2D eigenvalue weighted by Crippen LogP contribution is -2.05. The molecule has 1 N–H and O–H groups in total. The lowest BCUT2D eigenvalue weighted by Gasteiger charge is -1.72. The molecule has 0 spiro atoms. The second-order valence-electron chi connectivity index (χ2n) is 0.958. The van der Waals surface area contributed by atoms with Gasteiger partial charge in [0.1, 0.15) is 0 Å². The third-order valence-electron chi connectivity index (χ3n) is 0.488. The minimum atomic E-state index is -0.587. The van der Waals surface area contributed by atoms with E-state index >= 15 is 0 Å². The lowest BCUT2D eigenvalue weighted by molar-refractivity contribution is 1.08. The average molecular weight is 98.1 g/mol. The quantitative estimate of drug-likeness (QED) is 0.487. The van der Waals surface area contributed by atoms with Crippen LogP contribution in [0.15, 0.2) is 23.2 Å². The summed E-state index contributed by atoms with van der Waals surface area (Å²) >= 11 is 0. The van der Waals surface area contributed by atoms with Crippen LogP contribution in [0.25, 0.3) is 0 Å². The Morgan fingerprint density at radius 3 is 3.43 bits per heavy atom. The van der Waals surface area contributed by atoms with E-state index in [9.17, 15) is 4.79 Å². The minimum absolute atomic E-state index is 0.0744. The van der Waals surface area contributed by atoms with Gasteiger partial charge in [0.25, 0.3) is 0 Å². The SMILES string of the molecule is [2H]c1cnc(=O)[nH]c1[2H]. The summed E-state index contributed by atoms with van der Waals surface area (Å²) in [5, 5.41) is 0. The highest BCUT2D eigenvalue weighted by Crippen LogP contribution is 1.60. The first-order valence-electron chi connectivity index (χ1n) is 2.72. The zero-order valence-corrected chi connectivity index (χ0v) is 3.43. The van der Waals surface area contributed by atoms with Crippen LogP contribution in [-0.4, -0.2) is 9.97 Å². The third-order valence-corrected chi connectivity index (χ3v) is 0.488. The van der Waals surface area contributed by atoms with E-state index in [1.54, 1.807) is 0 Å². The van der Waals surface area contributed by atoms with Gasteiger partial charge in [0.05, 0.1) is 2.74 Å². The molecule has 36 valence electrons. The minimum Gasteiger partial charge on any atom is -0.313 e. The summed E-state index contributed by atoms with van der Waals surface area (Å²) in [6.07, 6.45) is 0.844. The first-order chi connectivity index (χ1) is 4.20. The molecule has 1 aromatic rings. The first kappa shape index (κ1) is 2.26. The fraction of sp³-hybridized carbons (Fsp3) is 0. The molecule has 3 nitrogen and oxygen atoms in total. The van der Waals surface area contributed by atoms with Crippen molar-refractivity contribution in [3.8, 4) is 0 Å². The summed E-state index contributed by atoms with van der Waals surface area (Å²) in [7, 11) is 0. The summed E-state index contributed by atoms with van der Waals surface area (Å²) in [5.41, 5.74) is -0.587. The fourth-order valence-corrected chi connectivity index (χ4v) is 0.245. The zero-order chi connectivity index (χ0) is 6.85. The molecular formula is C4H4N2O. The molecule has 0 aliphatic heterocycles. The number of nitrogens with zero attached hydrogens (tertiary/aromatic N) is 1. The molecule has 7 heavy (non-hydrogen) atoms. The largest absolute Gasteiger partial charge is 0.344 e. The normalized spacial score (nSPS) is 12.6. The van der Waals surface area contributed by atoms with E-state index in [1.165, 1.54) is 0 Å². The molecule has 0 unspecified atom stereocenters. The zero-order valence-electron chi connectivity index (χ0n) is 5.43. The molecule has 0 aliphatic carbocycles. The second-order valence-corrected chi connectivity index (χ2v) is 0.958. The number of aromatic amines is 1. The van der Waals surface area contributed by atoms with Gasteiger partial charge in [-0.25, -0.2) is 9.78 Å². The van der Waals surface area contributed by atoms with Crippen LogP contribution in [-0.2, 0) is 0 Å². The number of hydrogen-bond donors (Lipinski definition) is 1. The molecule has 1 heterocycles. The van der Waals surface area contributed by atoms with Crippen molar-refractivity contribution in [1.82, 2.24) is 9.97 Å². The Hall–Kier alpha value is -1.12. The Morgan fingerprint density at radius 2 is 2.86 bits per heavy atom. The Labute approximate surface area is 42.8 Å². The molecule has 0 saturated carbocycles. The van der Waals surface area contributed by atoms with Gasteiger partial charge in [-0.3, -0.25) is 0 Å². The highest BCUT2D eigenvalue weighted by atomic mass is 16.1. The molecule has 0 atom stereocenters. The van der Waals surface area contributed by atoms with Crippen molar-refractivity contribution in [3.63, 3.8) is 0 Å². The second kappa shape index (κ2) is 1.55. The molecule has 0 amide bonds. The van der Waals surface area contributed by atoms with Gasteiger partial charge >= 0.3 is 5.69 Å². The lowest BCUT2D eigenvalue weighted by atomic mass is 10.7. The smallest absolute Gasteiger partial charge is 0.313 e. The predicted octanol–water partition coefficient (Wildman–Crippen LogP) is -0.230. The Balaban J connectivity index is 3.34. The van der Waals surface area contributed by atoms with E-state index in [2.05, 4.69) is 9.97 Å². The first-order valence-corrected chi connectivity index (χ1v) is 1.72. The molecule has 3 heteroatoms. The van der Waals surface area contributed by atoms with Crippen molar-refractivity contribution in [3.05, 3.63) is 28.9 Å². The highest BCUT2D eigenvalue weighted by Gasteiger charge is 1.70. The molecule has 0 saturated heterocycles. The Bertz CT molecular complexity index is 270. The van der Waals surface area contributed by atoms with E-state index in [0.29, 0.717) is 0 Å². The summed E-state index contributed by atoms with van der Waals surface area (Å²) < 4.78 is 13.8. The topological polar surface area (TPSA) is 45.8 Å². The average Bonchev–Trinajstić information content (AvgIpc) is 1.80. The maximum atomic E-state index is 10.3. The maximum Gasteiger partial charge on any atom is 0.344 e. The van der Waals surface area contributed by atoms with Gasteiger partial charge in [-0.2, -0.15) is 0 Å². The van der Waals surface area contributed by atoms with E-state index in [1.807, 2.05) is 0 Å². The fourth-order valence-electron chi connectivity index (χ4n) is 0.245. The summed E-state index contributed by atoms with van der Waals surface area (Å²) in [5.74, 6) is 0. The Kier molecular flexibility index (Phi) is 0.500. The van der Waals surface area contributed by atoms with Crippen molar-refractivity contribution < 1.29 is 2.74 Å².